The van der Waals surface area contributed by atoms with Crippen molar-refractivity contribution in [3.05, 3.63) is 82.4 Å². The third kappa shape index (κ3) is 5.32. The standard InChI is InChI=1S/C25H28N2OS2/c1-2-29-22-11-3-18(4-12-22)17-24(28)27-21-9-5-19(6-10-21)25(15-16-25)30-23-13-7-20(26)8-14-23/h3-7,9-13H,2,8,14-17,26H2,1H3,(H,27,28). The fraction of sp³-hybridized carbons (Fsp3) is 0.320. The van der Waals surface area contributed by atoms with Gasteiger partial charge in [0.1, 0.15) is 0 Å². The van der Waals surface area contributed by atoms with E-state index in [0.717, 1.165) is 35.5 Å². The highest BCUT2D eigenvalue weighted by atomic mass is 32.2. The van der Waals surface area contributed by atoms with Gasteiger partial charge in [-0.25, -0.2) is 0 Å². The van der Waals surface area contributed by atoms with Crippen molar-refractivity contribution >= 4 is 35.1 Å². The number of allylic oxidation sites excluding steroid dienone is 4. The van der Waals surface area contributed by atoms with Gasteiger partial charge in [-0.2, -0.15) is 0 Å². The van der Waals surface area contributed by atoms with E-state index in [2.05, 4.69) is 42.6 Å². The molecule has 0 bridgehead atoms. The molecule has 0 heterocycles. The lowest BCUT2D eigenvalue weighted by Crippen LogP contribution is -2.14. The molecule has 156 valence electrons. The summed E-state index contributed by atoms with van der Waals surface area (Å²) < 4.78 is 0.201. The first-order valence-electron chi connectivity index (χ1n) is 10.5. The second kappa shape index (κ2) is 9.36. The molecular weight excluding hydrogens is 408 g/mol. The maximum absolute atomic E-state index is 12.4. The molecule has 3 nitrogen and oxygen atoms in total. The van der Waals surface area contributed by atoms with E-state index in [1.165, 1.54) is 28.2 Å². The maximum Gasteiger partial charge on any atom is 0.228 e. The van der Waals surface area contributed by atoms with Crippen LogP contribution in [0.4, 0.5) is 5.69 Å². The van der Waals surface area contributed by atoms with Crippen molar-refractivity contribution in [3.8, 4) is 0 Å². The minimum atomic E-state index is 0.0193. The van der Waals surface area contributed by atoms with Crippen LogP contribution in [0.3, 0.4) is 0 Å². The number of hydrogen-bond acceptors (Lipinski definition) is 4. The molecule has 0 saturated heterocycles. The van der Waals surface area contributed by atoms with Gasteiger partial charge in [0.15, 0.2) is 0 Å². The highest BCUT2D eigenvalue weighted by Crippen LogP contribution is 2.60. The number of carbonyl (C=O) groups is 1. The molecule has 0 unspecified atom stereocenters. The minimum absolute atomic E-state index is 0.0193. The van der Waals surface area contributed by atoms with E-state index in [4.69, 9.17) is 5.73 Å². The van der Waals surface area contributed by atoms with Crippen LogP contribution in [0.5, 0.6) is 0 Å². The van der Waals surface area contributed by atoms with Crippen molar-refractivity contribution in [2.24, 2.45) is 5.73 Å². The van der Waals surface area contributed by atoms with Crippen molar-refractivity contribution in [1.82, 2.24) is 0 Å². The van der Waals surface area contributed by atoms with E-state index in [0.29, 0.717) is 6.42 Å². The van der Waals surface area contributed by atoms with E-state index < -0.39 is 0 Å². The monoisotopic (exact) mass is 436 g/mol. The molecule has 5 heteroatoms. The van der Waals surface area contributed by atoms with Gasteiger partial charge in [-0.05, 0) is 77.8 Å². The zero-order valence-electron chi connectivity index (χ0n) is 17.3. The Hall–Kier alpha value is -2.11. The Morgan fingerprint density at radius 2 is 1.77 bits per heavy atom. The lowest BCUT2D eigenvalue weighted by molar-refractivity contribution is -0.115. The van der Waals surface area contributed by atoms with Gasteiger partial charge in [0.2, 0.25) is 5.91 Å². The van der Waals surface area contributed by atoms with Crippen molar-refractivity contribution in [2.45, 2.75) is 48.7 Å². The molecule has 0 radical (unpaired) electrons. The molecule has 0 spiro atoms. The van der Waals surface area contributed by atoms with Gasteiger partial charge in [0.05, 0.1) is 6.42 Å². The van der Waals surface area contributed by atoms with Crippen molar-refractivity contribution in [2.75, 3.05) is 11.1 Å². The number of nitrogens with one attached hydrogen (secondary N) is 1. The van der Waals surface area contributed by atoms with Crippen molar-refractivity contribution < 1.29 is 4.79 Å². The predicted molar refractivity (Wildman–Crippen MR) is 130 cm³/mol. The van der Waals surface area contributed by atoms with E-state index in [1.54, 1.807) is 0 Å². The molecule has 0 aromatic heterocycles. The second-order valence-electron chi connectivity index (χ2n) is 7.85. The predicted octanol–water partition coefficient (Wildman–Crippen LogP) is 6.22. The third-order valence-corrected chi connectivity index (χ3v) is 8.00. The molecule has 2 aliphatic rings. The Morgan fingerprint density at radius 3 is 2.37 bits per heavy atom. The molecule has 2 aromatic carbocycles. The molecule has 3 N–H and O–H groups in total. The third-order valence-electron chi connectivity index (χ3n) is 5.47. The van der Waals surface area contributed by atoms with Crippen LogP contribution in [0, 0.1) is 0 Å². The first-order valence-corrected chi connectivity index (χ1v) is 12.3. The quantitative estimate of drug-likeness (QED) is 0.482. The second-order valence-corrected chi connectivity index (χ2v) is 10.7. The van der Waals surface area contributed by atoms with Crippen molar-refractivity contribution in [1.29, 1.82) is 0 Å². The summed E-state index contributed by atoms with van der Waals surface area (Å²) in [5, 5.41) is 3.03. The first-order chi connectivity index (χ1) is 14.6. The smallest absolute Gasteiger partial charge is 0.228 e. The zero-order chi connectivity index (χ0) is 21.0. The largest absolute Gasteiger partial charge is 0.402 e. The fourth-order valence-electron chi connectivity index (χ4n) is 3.65. The van der Waals surface area contributed by atoms with Crippen LogP contribution in [0.15, 0.2) is 76.2 Å². The van der Waals surface area contributed by atoms with E-state index >= 15 is 0 Å². The Labute approximate surface area is 187 Å². The molecule has 4 rings (SSSR count). The van der Waals surface area contributed by atoms with Gasteiger partial charge in [0.25, 0.3) is 0 Å². The van der Waals surface area contributed by atoms with Gasteiger partial charge < -0.3 is 11.1 Å². The summed E-state index contributed by atoms with van der Waals surface area (Å²) in [5.74, 6) is 1.07. The number of anilines is 1. The first kappa shape index (κ1) is 21.1. The van der Waals surface area contributed by atoms with Gasteiger partial charge >= 0.3 is 0 Å². The maximum atomic E-state index is 12.4. The minimum Gasteiger partial charge on any atom is -0.402 e. The fourth-order valence-corrected chi connectivity index (χ4v) is 5.72. The molecule has 2 aromatic rings. The normalized spacial score (nSPS) is 17.1. The topological polar surface area (TPSA) is 55.1 Å². The summed E-state index contributed by atoms with van der Waals surface area (Å²) >= 11 is 3.80. The van der Waals surface area contributed by atoms with Crippen LogP contribution < -0.4 is 11.1 Å². The SMILES string of the molecule is CCSc1ccc(CC(=O)Nc2ccc(C3(SC4=CC=C(N)CC4)CC3)cc2)cc1. The Bertz CT molecular complexity index is 958. The summed E-state index contributed by atoms with van der Waals surface area (Å²) in [6, 6.07) is 16.6. The van der Waals surface area contributed by atoms with Crippen molar-refractivity contribution in [3.63, 3.8) is 0 Å². The van der Waals surface area contributed by atoms with E-state index in [-0.39, 0.29) is 10.7 Å². The summed E-state index contributed by atoms with van der Waals surface area (Å²) in [6.07, 6.45) is 9.01. The molecular formula is C25H28N2OS2. The molecule has 1 fully saturated rings. The number of thioether (sulfide) groups is 2. The Morgan fingerprint density at radius 1 is 1.03 bits per heavy atom. The Kier molecular flexibility index (Phi) is 6.59. The highest BCUT2D eigenvalue weighted by Gasteiger charge is 2.45. The summed E-state index contributed by atoms with van der Waals surface area (Å²) in [4.78, 5) is 15.1. The number of nitrogens with two attached hydrogens (primary N) is 1. The van der Waals surface area contributed by atoms with Gasteiger partial charge in [0, 0.05) is 21.0 Å². The molecule has 0 atom stereocenters. The summed E-state index contributed by atoms with van der Waals surface area (Å²) in [7, 11) is 0. The number of hydrogen-bond donors (Lipinski definition) is 2. The van der Waals surface area contributed by atoms with Gasteiger partial charge in [-0.15, -0.1) is 23.5 Å². The van der Waals surface area contributed by atoms with Crippen LogP contribution in [0.1, 0.15) is 43.7 Å². The van der Waals surface area contributed by atoms with E-state index in [9.17, 15) is 4.79 Å². The van der Waals surface area contributed by atoms with Gasteiger partial charge in [-0.3, -0.25) is 4.79 Å². The number of carbonyl (C=O) groups excluding carboxylic acids is 1. The van der Waals surface area contributed by atoms with Crippen LogP contribution in [0.2, 0.25) is 0 Å². The van der Waals surface area contributed by atoms with Crippen LogP contribution in [-0.2, 0) is 16.0 Å². The van der Waals surface area contributed by atoms with E-state index in [1.807, 2.05) is 53.9 Å². The zero-order valence-corrected chi connectivity index (χ0v) is 19.0. The highest BCUT2D eigenvalue weighted by molar-refractivity contribution is 8.04. The van der Waals surface area contributed by atoms with Crippen LogP contribution in [0.25, 0.3) is 0 Å². The van der Waals surface area contributed by atoms with Crippen LogP contribution >= 0.6 is 23.5 Å². The summed E-state index contributed by atoms with van der Waals surface area (Å²) in [5.41, 5.74) is 10.1. The number of amides is 1. The average molecular weight is 437 g/mol. The van der Waals surface area contributed by atoms with Crippen LogP contribution in [-0.4, -0.2) is 11.7 Å². The molecule has 2 aliphatic carbocycles. The average Bonchev–Trinajstić information content (AvgIpc) is 3.52. The molecule has 1 amide bonds. The molecule has 1 saturated carbocycles. The lowest BCUT2D eigenvalue weighted by Gasteiger charge is -2.20. The molecule has 30 heavy (non-hydrogen) atoms. The molecule has 0 aliphatic heterocycles. The Balaban J connectivity index is 1.34. The lowest BCUT2D eigenvalue weighted by atomic mass is 10.1. The summed E-state index contributed by atoms with van der Waals surface area (Å²) in [6.45, 7) is 2.14. The number of benzene rings is 2. The van der Waals surface area contributed by atoms with Gasteiger partial charge in [-0.1, -0.05) is 37.3 Å². The number of rotatable bonds is 8.